The Bertz CT molecular complexity index is 767. The lowest BCUT2D eigenvalue weighted by molar-refractivity contribution is 0.622. The van der Waals surface area contributed by atoms with Gasteiger partial charge in [0.1, 0.15) is 5.82 Å². The normalized spacial score (nSPS) is 15.3. The lowest BCUT2D eigenvalue weighted by Gasteiger charge is -2.18. The number of nitrogens with one attached hydrogen (secondary N) is 2. The molecule has 1 aliphatic carbocycles. The number of aromatic nitrogens is 6. The molecular formula is C15H14FN7. The van der Waals surface area contributed by atoms with Gasteiger partial charge in [0, 0.05) is 12.4 Å². The second-order valence-corrected chi connectivity index (χ2v) is 5.56. The molecule has 0 spiro atoms. The van der Waals surface area contributed by atoms with Gasteiger partial charge >= 0.3 is 0 Å². The Hall–Kier alpha value is -2.90. The molecule has 2 aromatic heterocycles. The maximum atomic E-state index is 13.1. The second-order valence-electron chi connectivity index (χ2n) is 5.56. The topological polar surface area (TPSA) is 92.3 Å². The van der Waals surface area contributed by atoms with Gasteiger partial charge in [0.05, 0.1) is 11.6 Å². The molecule has 7 nitrogen and oxygen atoms in total. The van der Waals surface area contributed by atoms with Crippen LogP contribution in [0.25, 0.3) is 11.4 Å². The predicted octanol–water partition coefficient (Wildman–Crippen LogP) is 2.36. The highest BCUT2D eigenvalue weighted by Gasteiger charge is 2.32. The molecule has 1 unspecified atom stereocenters. The van der Waals surface area contributed by atoms with Crippen LogP contribution < -0.4 is 5.32 Å². The van der Waals surface area contributed by atoms with Crippen molar-refractivity contribution in [1.29, 1.82) is 0 Å². The van der Waals surface area contributed by atoms with Gasteiger partial charge < -0.3 is 5.32 Å². The number of hydrogen-bond donors (Lipinski definition) is 2. The first-order chi connectivity index (χ1) is 11.3. The van der Waals surface area contributed by atoms with Crippen molar-refractivity contribution in [2.75, 3.05) is 5.32 Å². The van der Waals surface area contributed by atoms with Crippen LogP contribution in [0.3, 0.4) is 0 Å². The van der Waals surface area contributed by atoms with Gasteiger partial charge in [0.15, 0.2) is 5.82 Å². The zero-order valence-corrected chi connectivity index (χ0v) is 12.1. The highest BCUT2D eigenvalue weighted by atomic mass is 19.1. The molecular weight excluding hydrogens is 297 g/mol. The third kappa shape index (κ3) is 3.01. The second kappa shape index (κ2) is 5.71. The highest BCUT2D eigenvalue weighted by Crippen LogP contribution is 2.42. The first kappa shape index (κ1) is 13.7. The van der Waals surface area contributed by atoms with Gasteiger partial charge in [-0.2, -0.15) is 0 Å². The van der Waals surface area contributed by atoms with E-state index in [1.54, 1.807) is 24.5 Å². The number of rotatable bonds is 5. The number of halogens is 1. The van der Waals surface area contributed by atoms with Crippen molar-refractivity contribution in [1.82, 2.24) is 30.6 Å². The number of aromatic amines is 1. The predicted molar refractivity (Wildman–Crippen MR) is 80.7 cm³/mol. The minimum atomic E-state index is -0.232. The van der Waals surface area contributed by atoms with Crippen LogP contribution in [0.15, 0.2) is 36.7 Å². The van der Waals surface area contributed by atoms with Crippen molar-refractivity contribution < 1.29 is 4.39 Å². The van der Waals surface area contributed by atoms with Crippen LogP contribution in [0.4, 0.5) is 10.3 Å². The van der Waals surface area contributed by atoms with E-state index in [0.717, 1.165) is 18.4 Å². The molecule has 0 bridgehead atoms. The summed E-state index contributed by atoms with van der Waals surface area (Å²) in [4.78, 5) is 8.63. The van der Waals surface area contributed by atoms with Crippen LogP contribution in [-0.4, -0.2) is 30.6 Å². The Kier molecular flexibility index (Phi) is 3.41. The molecule has 2 heterocycles. The van der Waals surface area contributed by atoms with Gasteiger partial charge in [0.25, 0.3) is 0 Å². The summed E-state index contributed by atoms with van der Waals surface area (Å²) in [6.07, 6.45) is 5.62. The van der Waals surface area contributed by atoms with E-state index in [0.29, 0.717) is 23.3 Å². The smallest absolute Gasteiger partial charge is 0.223 e. The molecule has 8 heteroatoms. The van der Waals surface area contributed by atoms with Crippen LogP contribution in [0.5, 0.6) is 0 Å². The Labute approximate surface area is 131 Å². The van der Waals surface area contributed by atoms with Gasteiger partial charge in [-0.3, -0.25) is 0 Å². The number of H-pyrrole nitrogens is 1. The van der Waals surface area contributed by atoms with Gasteiger partial charge in [0.2, 0.25) is 5.95 Å². The summed E-state index contributed by atoms with van der Waals surface area (Å²) in [6, 6.07) is 6.66. The Morgan fingerprint density at radius 2 is 1.87 bits per heavy atom. The summed E-state index contributed by atoms with van der Waals surface area (Å²) in [5.74, 6) is 1.35. The summed E-state index contributed by atoms with van der Waals surface area (Å²) in [7, 11) is 0. The minimum absolute atomic E-state index is 0.0911. The van der Waals surface area contributed by atoms with E-state index in [9.17, 15) is 4.39 Å². The SMILES string of the molecule is Fc1ccc(C(Nc2ncc(-c3nnn[nH]3)cn2)C2CC2)cc1. The first-order valence-corrected chi connectivity index (χ1v) is 7.38. The monoisotopic (exact) mass is 311 g/mol. The molecule has 1 saturated carbocycles. The van der Waals surface area contributed by atoms with Crippen molar-refractivity contribution in [3.8, 4) is 11.4 Å². The van der Waals surface area contributed by atoms with Crippen molar-refractivity contribution in [2.45, 2.75) is 18.9 Å². The molecule has 0 amide bonds. The van der Waals surface area contributed by atoms with Crippen molar-refractivity contribution in [2.24, 2.45) is 5.92 Å². The first-order valence-electron chi connectivity index (χ1n) is 7.38. The summed E-state index contributed by atoms with van der Waals surface area (Å²) >= 11 is 0. The van der Waals surface area contributed by atoms with Crippen LogP contribution in [-0.2, 0) is 0 Å². The molecule has 116 valence electrons. The molecule has 2 N–H and O–H groups in total. The fraction of sp³-hybridized carbons (Fsp3) is 0.267. The van der Waals surface area contributed by atoms with Crippen molar-refractivity contribution in [3.63, 3.8) is 0 Å². The molecule has 0 aliphatic heterocycles. The maximum Gasteiger partial charge on any atom is 0.223 e. The van der Waals surface area contributed by atoms with E-state index in [4.69, 9.17) is 0 Å². The Balaban J connectivity index is 1.54. The zero-order valence-electron chi connectivity index (χ0n) is 12.1. The van der Waals surface area contributed by atoms with Gasteiger partial charge in [-0.05, 0) is 46.9 Å². The summed E-state index contributed by atoms with van der Waals surface area (Å²) in [5.41, 5.74) is 1.76. The molecule has 1 atom stereocenters. The third-order valence-electron chi connectivity index (χ3n) is 3.88. The van der Waals surface area contributed by atoms with E-state index in [2.05, 4.69) is 35.9 Å². The number of benzene rings is 1. The highest BCUT2D eigenvalue weighted by molar-refractivity contribution is 5.51. The lowest BCUT2D eigenvalue weighted by Crippen LogP contribution is -2.14. The van der Waals surface area contributed by atoms with E-state index >= 15 is 0 Å². The third-order valence-corrected chi connectivity index (χ3v) is 3.88. The van der Waals surface area contributed by atoms with E-state index in [1.165, 1.54) is 12.1 Å². The molecule has 0 saturated heterocycles. The standard InChI is InChI=1S/C15H14FN7/c16-12-5-3-10(4-6-12)13(9-1-2-9)19-15-17-7-11(8-18-15)14-20-22-23-21-14/h3-9,13H,1-2H2,(H,17,18,19)(H,20,21,22,23). The number of hydrogen-bond acceptors (Lipinski definition) is 6. The average Bonchev–Trinajstić information content (AvgIpc) is 3.28. The van der Waals surface area contributed by atoms with E-state index < -0.39 is 0 Å². The molecule has 1 aliphatic rings. The largest absolute Gasteiger partial charge is 0.347 e. The maximum absolute atomic E-state index is 13.1. The average molecular weight is 311 g/mol. The fourth-order valence-corrected chi connectivity index (χ4v) is 2.52. The fourth-order valence-electron chi connectivity index (χ4n) is 2.52. The van der Waals surface area contributed by atoms with Crippen molar-refractivity contribution >= 4 is 5.95 Å². The lowest BCUT2D eigenvalue weighted by atomic mass is 10.0. The number of anilines is 1. The number of nitrogens with zero attached hydrogens (tertiary/aromatic N) is 5. The molecule has 4 rings (SSSR count). The minimum Gasteiger partial charge on any atom is -0.347 e. The summed E-state index contributed by atoms with van der Waals surface area (Å²) in [6.45, 7) is 0. The molecule has 3 aromatic rings. The quantitative estimate of drug-likeness (QED) is 0.751. The molecule has 1 aromatic carbocycles. The van der Waals surface area contributed by atoms with Crippen molar-refractivity contribution in [3.05, 3.63) is 48.0 Å². The Morgan fingerprint density at radius 1 is 1.13 bits per heavy atom. The van der Waals surface area contributed by atoms with Crippen LogP contribution in [0.1, 0.15) is 24.4 Å². The van der Waals surface area contributed by atoms with Crippen LogP contribution >= 0.6 is 0 Å². The number of tetrazole rings is 1. The van der Waals surface area contributed by atoms with E-state index in [-0.39, 0.29) is 11.9 Å². The Morgan fingerprint density at radius 3 is 2.48 bits per heavy atom. The van der Waals surface area contributed by atoms with Gasteiger partial charge in [-0.25, -0.2) is 19.5 Å². The van der Waals surface area contributed by atoms with E-state index in [1.807, 2.05) is 0 Å². The summed E-state index contributed by atoms with van der Waals surface area (Å²) < 4.78 is 13.1. The summed E-state index contributed by atoms with van der Waals surface area (Å²) in [5, 5.41) is 16.9. The molecule has 0 radical (unpaired) electrons. The van der Waals surface area contributed by atoms with Crippen LogP contribution in [0.2, 0.25) is 0 Å². The zero-order chi connectivity index (χ0) is 15.6. The molecule has 23 heavy (non-hydrogen) atoms. The van der Waals surface area contributed by atoms with Crippen LogP contribution in [0, 0.1) is 11.7 Å². The van der Waals surface area contributed by atoms with Gasteiger partial charge in [-0.1, -0.05) is 12.1 Å². The van der Waals surface area contributed by atoms with Gasteiger partial charge in [-0.15, -0.1) is 5.10 Å². The molecule has 1 fully saturated rings.